The van der Waals surface area contributed by atoms with Crippen LogP contribution in [0.2, 0.25) is 0 Å². The summed E-state index contributed by atoms with van der Waals surface area (Å²) in [7, 11) is 3.61. The number of anilines is 2. The van der Waals surface area contributed by atoms with Gasteiger partial charge in [-0.2, -0.15) is 0 Å². The minimum absolute atomic E-state index is 0.244. The lowest BCUT2D eigenvalue weighted by Gasteiger charge is -2.22. The van der Waals surface area contributed by atoms with Gasteiger partial charge in [0, 0.05) is 37.0 Å². The highest BCUT2D eigenvalue weighted by Gasteiger charge is 2.18. The minimum atomic E-state index is -0.499. The van der Waals surface area contributed by atoms with Crippen LogP contribution >= 0.6 is 0 Å². The third-order valence-corrected chi connectivity index (χ3v) is 6.58. The molecule has 0 aliphatic rings. The van der Waals surface area contributed by atoms with Crippen molar-refractivity contribution < 1.29 is 23.5 Å². The second-order valence-electron chi connectivity index (χ2n) is 9.81. The van der Waals surface area contributed by atoms with E-state index in [-0.39, 0.29) is 12.6 Å². The smallest absolute Gasteiger partial charge is 0.408 e. The zero-order valence-corrected chi connectivity index (χ0v) is 24.1. The van der Waals surface area contributed by atoms with Gasteiger partial charge in [0.05, 0.1) is 18.9 Å². The van der Waals surface area contributed by atoms with Gasteiger partial charge in [0.2, 0.25) is 0 Å². The number of methoxy groups -OCH3 is 1. The Morgan fingerprint density at radius 2 is 1.76 bits per heavy atom. The van der Waals surface area contributed by atoms with Gasteiger partial charge in [-0.05, 0) is 55.4 Å². The molecule has 0 bridgehead atoms. The number of urea groups is 1. The molecular formula is C32H37N5O5. The molecule has 3 N–H and O–H groups in total. The largest absolute Gasteiger partial charge is 0.496 e. The molecule has 10 nitrogen and oxygen atoms in total. The topological polar surface area (TPSA) is 118 Å². The highest BCUT2D eigenvalue weighted by Crippen LogP contribution is 2.32. The van der Waals surface area contributed by atoms with Crippen molar-refractivity contribution in [3.05, 3.63) is 96.5 Å². The van der Waals surface area contributed by atoms with Crippen molar-refractivity contribution in [2.45, 2.75) is 32.4 Å². The number of aromatic nitrogens is 1. The molecular weight excluding hydrogens is 534 g/mol. The number of carbonyl (C=O) groups is 2. The van der Waals surface area contributed by atoms with Gasteiger partial charge in [-0.3, -0.25) is 0 Å². The number of carbonyl (C=O) groups excluding carboxylic acids is 2. The first-order valence-corrected chi connectivity index (χ1v) is 13.9. The second kappa shape index (κ2) is 15.2. The number of alkyl carbamates (subject to hydrolysis) is 1. The summed E-state index contributed by atoms with van der Waals surface area (Å²) in [5.74, 6) is 1.10. The molecule has 42 heavy (non-hydrogen) atoms. The van der Waals surface area contributed by atoms with Crippen LogP contribution in [-0.4, -0.2) is 49.3 Å². The Hall–Kier alpha value is -4.83. The predicted octanol–water partition coefficient (Wildman–Crippen LogP) is 6.69. The van der Waals surface area contributed by atoms with Crippen LogP contribution in [0.1, 0.15) is 37.0 Å². The normalized spacial score (nSPS) is 11.5. The number of rotatable bonds is 13. The van der Waals surface area contributed by atoms with E-state index in [0.29, 0.717) is 29.3 Å². The fourth-order valence-electron chi connectivity index (χ4n) is 4.51. The first kappa shape index (κ1) is 30.1. The Balaban J connectivity index is 1.31. The Bertz CT molecular complexity index is 1430. The third-order valence-electron chi connectivity index (χ3n) is 6.58. The third kappa shape index (κ3) is 8.84. The van der Waals surface area contributed by atoms with E-state index in [0.717, 1.165) is 36.2 Å². The van der Waals surface area contributed by atoms with Gasteiger partial charge >= 0.3 is 12.1 Å². The molecule has 4 aromatic rings. The van der Waals surface area contributed by atoms with Crippen molar-refractivity contribution in [3.63, 3.8) is 0 Å². The van der Waals surface area contributed by atoms with Gasteiger partial charge in [-0.25, -0.2) is 14.6 Å². The van der Waals surface area contributed by atoms with Gasteiger partial charge < -0.3 is 34.7 Å². The first-order chi connectivity index (χ1) is 20.4. The molecule has 1 atom stereocenters. The summed E-state index contributed by atoms with van der Waals surface area (Å²) in [5.41, 5.74) is 3.61. The fraction of sp³-hybridized carbons (Fsp3) is 0.281. The maximum absolute atomic E-state index is 12.7. The molecule has 1 aromatic heterocycles. The van der Waals surface area contributed by atoms with E-state index >= 15 is 0 Å². The minimum Gasteiger partial charge on any atom is -0.496 e. The van der Waals surface area contributed by atoms with Crippen LogP contribution in [0.5, 0.6) is 5.75 Å². The molecule has 10 heteroatoms. The molecule has 4 rings (SSSR count). The molecule has 0 saturated heterocycles. The van der Waals surface area contributed by atoms with E-state index in [2.05, 4.69) is 39.8 Å². The number of hydrogen-bond acceptors (Lipinski definition) is 7. The Labute approximate surface area is 246 Å². The van der Waals surface area contributed by atoms with Crippen molar-refractivity contribution in [1.82, 2.24) is 15.2 Å². The lowest BCUT2D eigenvalue weighted by atomic mass is 10.1. The van der Waals surface area contributed by atoms with Crippen LogP contribution in [0.4, 0.5) is 21.0 Å². The van der Waals surface area contributed by atoms with Gasteiger partial charge in [0.1, 0.15) is 11.9 Å². The molecule has 1 unspecified atom stereocenters. The number of ether oxygens (including phenoxy) is 2. The van der Waals surface area contributed by atoms with E-state index in [9.17, 15) is 9.59 Å². The fourth-order valence-corrected chi connectivity index (χ4v) is 4.51. The number of hydrogen-bond donors (Lipinski definition) is 3. The lowest BCUT2D eigenvalue weighted by molar-refractivity contribution is 0.0857. The highest BCUT2D eigenvalue weighted by molar-refractivity contribution is 6.00. The summed E-state index contributed by atoms with van der Waals surface area (Å²) in [6, 6.07) is 21.8. The van der Waals surface area contributed by atoms with Crippen LogP contribution in [0.3, 0.4) is 0 Å². The Morgan fingerprint density at radius 1 is 0.976 bits per heavy atom. The summed E-state index contributed by atoms with van der Waals surface area (Å²) in [5, 5.41) is 8.46. The van der Waals surface area contributed by atoms with Crippen molar-refractivity contribution in [3.8, 4) is 17.1 Å². The molecule has 0 aliphatic carbocycles. The maximum Gasteiger partial charge on any atom is 0.408 e. The van der Waals surface area contributed by atoms with Crippen LogP contribution in [0.25, 0.3) is 11.3 Å². The monoisotopic (exact) mass is 571 g/mol. The zero-order valence-electron chi connectivity index (χ0n) is 24.1. The second-order valence-corrected chi connectivity index (χ2v) is 9.81. The van der Waals surface area contributed by atoms with Gasteiger partial charge in [0.25, 0.3) is 0 Å². The van der Waals surface area contributed by atoms with E-state index in [1.165, 1.54) is 6.39 Å². The summed E-state index contributed by atoms with van der Waals surface area (Å²) in [4.78, 5) is 31.6. The van der Waals surface area contributed by atoms with Crippen molar-refractivity contribution in [1.29, 1.82) is 0 Å². The summed E-state index contributed by atoms with van der Waals surface area (Å²) in [6.07, 6.45) is 3.84. The summed E-state index contributed by atoms with van der Waals surface area (Å²) >= 11 is 0. The first-order valence-electron chi connectivity index (χ1n) is 13.9. The van der Waals surface area contributed by atoms with E-state index < -0.39 is 12.1 Å². The maximum atomic E-state index is 12.7. The SMILES string of the molecule is CCCN(C)CCC(OC(=O)NCc1cccc(NC(=O)Nc2ccc(-c3cnco3)c(OC)c2)c1)c1ccccc1. The van der Waals surface area contributed by atoms with Crippen molar-refractivity contribution in [2.24, 2.45) is 0 Å². The molecule has 0 saturated carbocycles. The van der Waals surface area contributed by atoms with Crippen molar-refractivity contribution >= 4 is 23.5 Å². The highest BCUT2D eigenvalue weighted by atomic mass is 16.6. The van der Waals surface area contributed by atoms with Crippen LogP contribution in [-0.2, 0) is 11.3 Å². The van der Waals surface area contributed by atoms with Crippen LogP contribution < -0.4 is 20.7 Å². The van der Waals surface area contributed by atoms with Crippen molar-refractivity contribution in [2.75, 3.05) is 37.9 Å². The average Bonchev–Trinajstić information content (AvgIpc) is 3.54. The number of nitrogens with zero attached hydrogens (tertiary/aromatic N) is 2. The van der Waals surface area contributed by atoms with E-state index in [4.69, 9.17) is 13.9 Å². The number of amides is 3. The van der Waals surface area contributed by atoms with Gasteiger partial charge in [-0.15, -0.1) is 0 Å². The standard InChI is InChI=1S/C32H37N5O5/c1-4-16-37(2)17-15-28(24-10-6-5-7-11-24)42-32(39)34-20-23-9-8-12-25(18-23)35-31(38)36-26-13-14-27(29(19-26)40-3)30-21-33-22-41-30/h5-14,18-19,21-22,28H,4,15-17,20H2,1-3H3,(H,34,39)(H2,35,36,38). The lowest BCUT2D eigenvalue weighted by Crippen LogP contribution is -2.28. The summed E-state index contributed by atoms with van der Waals surface area (Å²) in [6.45, 7) is 4.19. The molecule has 220 valence electrons. The quantitative estimate of drug-likeness (QED) is 0.164. The molecule has 3 aromatic carbocycles. The summed E-state index contributed by atoms with van der Waals surface area (Å²) < 4.78 is 16.6. The van der Waals surface area contributed by atoms with E-state index in [1.807, 2.05) is 42.5 Å². The molecule has 3 amide bonds. The molecule has 1 heterocycles. The number of benzene rings is 3. The molecule has 0 fully saturated rings. The molecule has 0 aliphatic heterocycles. The molecule has 0 radical (unpaired) electrons. The average molecular weight is 572 g/mol. The van der Waals surface area contributed by atoms with Crippen LogP contribution in [0.15, 0.2) is 89.8 Å². The zero-order chi connectivity index (χ0) is 29.7. The number of nitrogens with one attached hydrogen (secondary N) is 3. The Kier molecular flexibility index (Phi) is 10.9. The number of oxazole rings is 1. The predicted molar refractivity (Wildman–Crippen MR) is 162 cm³/mol. The van der Waals surface area contributed by atoms with Gasteiger partial charge in [-0.1, -0.05) is 49.4 Å². The van der Waals surface area contributed by atoms with Gasteiger partial charge in [0.15, 0.2) is 12.2 Å². The molecule has 0 spiro atoms. The Morgan fingerprint density at radius 3 is 2.48 bits per heavy atom. The van der Waals surface area contributed by atoms with E-state index in [1.54, 1.807) is 43.6 Å². The van der Waals surface area contributed by atoms with Crippen LogP contribution in [0, 0.1) is 0 Å².